The molecule has 0 aromatic carbocycles. The van der Waals surface area contributed by atoms with Crippen molar-refractivity contribution in [1.29, 1.82) is 0 Å². The summed E-state index contributed by atoms with van der Waals surface area (Å²) >= 11 is 0. The van der Waals surface area contributed by atoms with Crippen LogP contribution in [0.1, 0.15) is 25.0 Å². The first-order chi connectivity index (χ1) is 6.81. The summed E-state index contributed by atoms with van der Waals surface area (Å²) < 4.78 is 1.76. The number of nitrogens with one attached hydrogen (secondary N) is 1. The van der Waals surface area contributed by atoms with Gasteiger partial charge in [-0.2, -0.15) is 0 Å². The minimum atomic E-state index is 0.575. The number of rotatable bonds is 1. The Kier molecular flexibility index (Phi) is 1.70. The van der Waals surface area contributed by atoms with E-state index in [2.05, 4.69) is 21.7 Å². The van der Waals surface area contributed by atoms with E-state index in [1.54, 1.807) is 4.68 Å². The van der Waals surface area contributed by atoms with Crippen molar-refractivity contribution in [2.24, 2.45) is 7.05 Å². The Morgan fingerprint density at radius 1 is 1.50 bits per heavy atom. The van der Waals surface area contributed by atoms with Gasteiger partial charge < -0.3 is 5.32 Å². The van der Waals surface area contributed by atoms with E-state index in [9.17, 15) is 0 Å². The van der Waals surface area contributed by atoms with Crippen LogP contribution in [0.3, 0.4) is 0 Å². The SMILES string of the molecule is Cn1cc(C2=CC3CCC(C2)N3)nn1. The summed E-state index contributed by atoms with van der Waals surface area (Å²) in [5.41, 5.74) is 2.41. The number of nitrogens with zero attached hydrogens (tertiary/aromatic N) is 3. The first kappa shape index (κ1) is 8.17. The first-order valence-corrected chi connectivity index (χ1v) is 5.15. The average molecular weight is 190 g/mol. The van der Waals surface area contributed by atoms with Gasteiger partial charge in [0.25, 0.3) is 0 Å². The highest BCUT2D eigenvalue weighted by Gasteiger charge is 2.28. The molecule has 3 heterocycles. The molecule has 1 aromatic heterocycles. The summed E-state index contributed by atoms with van der Waals surface area (Å²) in [6.07, 6.45) is 7.98. The zero-order valence-electron chi connectivity index (χ0n) is 8.27. The van der Waals surface area contributed by atoms with Crippen LogP contribution in [0.15, 0.2) is 12.3 Å². The van der Waals surface area contributed by atoms with Crippen molar-refractivity contribution >= 4 is 5.57 Å². The molecule has 1 aromatic rings. The fraction of sp³-hybridized carbons (Fsp3) is 0.600. The molecule has 14 heavy (non-hydrogen) atoms. The first-order valence-electron chi connectivity index (χ1n) is 5.15. The quantitative estimate of drug-likeness (QED) is 0.709. The van der Waals surface area contributed by atoms with E-state index in [1.165, 1.54) is 18.4 Å². The highest BCUT2D eigenvalue weighted by atomic mass is 15.4. The van der Waals surface area contributed by atoms with Crippen molar-refractivity contribution in [2.75, 3.05) is 0 Å². The lowest BCUT2D eigenvalue weighted by atomic mass is 10.0. The van der Waals surface area contributed by atoms with E-state index < -0.39 is 0 Å². The second-order valence-electron chi connectivity index (χ2n) is 4.22. The molecule has 4 nitrogen and oxygen atoms in total. The van der Waals surface area contributed by atoms with Gasteiger partial charge in [0.2, 0.25) is 0 Å². The van der Waals surface area contributed by atoms with E-state index in [4.69, 9.17) is 0 Å². The summed E-state index contributed by atoms with van der Waals surface area (Å²) in [4.78, 5) is 0. The smallest absolute Gasteiger partial charge is 0.108 e. The molecule has 2 bridgehead atoms. The Morgan fingerprint density at radius 3 is 3.14 bits per heavy atom. The molecular weight excluding hydrogens is 176 g/mol. The summed E-state index contributed by atoms with van der Waals surface area (Å²) in [5.74, 6) is 0. The van der Waals surface area contributed by atoms with Crippen molar-refractivity contribution in [3.63, 3.8) is 0 Å². The molecule has 2 unspecified atom stereocenters. The van der Waals surface area contributed by atoms with Crippen LogP contribution in [0.4, 0.5) is 0 Å². The van der Waals surface area contributed by atoms with E-state index in [-0.39, 0.29) is 0 Å². The third kappa shape index (κ3) is 1.26. The van der Waals surface area contributed by atoms with Gasteiger partial charge in [-0.15, -0.1) is 5.10 Å². The van der Waals surface area contributed by atoms with Crippen LogP contribution in [0.5, 0.6) is 0 Å². The number of aromatic nitrogens is 3. The predicted octanol–water partition coefficient (Wildman–Crippen LogP) is 0.723. The number of hydrogen-bond donors (Lipinski definition) is 1. The van der Waals surface area contributed by atoms with Gasteiger partial charge in [-0.05, 0) is 24.8 Å². The van der Waals surface area contributed by atoms with Crippen LogP contribution in [-0.2, 0) is 7.05 Å². The normalized spacial score (nSPS) is 30.5. The second-order valence-corrected chi connectivity index (χ2v) is 4.22. The van der Waals surface area contributed by atoms with E-state index >= 15 is 0 Å². The van der Waals surface area contributed by atoms with Gasteiger partial charge in [0, 0.05) is 19.1 Å². The van der Waals surface area contributed by atoms with Crippen LogP contribution >= 0.6 is 0 Å². The molecule has 1 saturated heterocycles. The van der Waals surface area contributed by atoms with Crippen LogP contribution < -0.4 is 5.32 Å². The summed E-state index contributed by atoms with van der Waals surface area (Å²) in [6.45, 7) is 0. The van der Waals surface area contributed by atoms with Crippen molar-refractivity contribution in [1.82, 2.24) is 20.3 Å². The van der Waals surface area contributed by atoms with Crippen molar-refractivity contribution in [2.45, 2.75) is 31.3 Å². The van der Waals surface area contributed by atoms with Crippen LogP contribution in [0.25, 0.3) is 5.57 Å². The van der Waals surface area contributed by atoms with E-state index in [0.717, 1.165) is 12.1 Å². The molecule has 0 radical (unpaired) electrons. The lowest BCUT2D eigenvalue weighted by Gasteiger charge is -2.19. The lowest BCUT2D eigenvalue weighted by Crippen LogP contribution is -2.31. The summed E-state index contributed by atoms with van der Waals surface area (Å²) in [7, 11) is 1.91. The number of hydrogen-bond acceptors (Lipinski definition) is 3. The molecule has 0 amide bonds. The minimum absolute atomic E-state index is 0.575. The maximum Gasteiger partial charge on any atom is 0.108 e. The summed E-state index contributed by atoms with van der Waals surface area (Å²) in [5, 5.41) is 11.7. The van der Waals surface area contributed by atoms with Crippen LogP contribution in [0.2, 0.25) is 0 Å². The fourth-order valence-corrected chi connectivity index (χ4v) is 2.40. The summed E-state index contributed by atoms with van der Waals surface area (Å²) in [6, 6.07) is 1.24. The van der Waals surface area contributed by atoms with Gasteiger partial charge >= 0.3 is 0 Å². The molecule has 1 fully saturated rings. The van der Waals surface area contributed by atoms with Crippen molar-refractivity contribution < 1.29 is 0 Å². The standard InChI is InChI=1S/C10H14N4/c1-14-6-10(12-13-14)7-4-8-2-3-9(5-7)11-8/h4,6,8-9,11H,2-3,5H2,1H3. The highest BCUT2D eigenvalue weighted by molar-refractivity contribution is 5.64. The van der Waals surface area contributed by atoms with Gasteiger partial charge in [0.05, 0.1) is 6.20 Å². The maximum atomic E-state index is 4.15. The molecule has 1 N–H and O–H groups in total. The molecule has 4 heteroatoms. The third-order valence-corrected chi connectivity index (χ3v) is 3.08. The molecule has 0 aliphatic carbocycles. The van der Waals surface area contributed by atoms with Gasteiger partial charge in [-0.1, -0.05) is 11.3 Å². The molecule has 2 aliphatic heterocycles. The maximum absolute atomic E-state index is 4.15. The monoisotopic (exact) mass is 190 g/mol. The van der Waals surface area contributed by atoms with Gasteiger partial charge in [-0.3, -0.25) is 4.68 Å². The largest absolute Gasteiger partial charge is 0.307 e. The zero-order chi connectivity index (χ0) is 9.54. The highest BCUT2D eigenvalue weighted by Crippen LogP contribution is 2.30. The van der Waals surface area contributed by atoms with Gasteiger partial charge in [0.15, 0.2) is 0 Å². The topological polar surface area (TPSA) is 42.7 Å². The van der Waals surface area contributed by atoms with Gasteiger partial charge in [-0.25, -0.2) is 0 Å². The van der Waals surface area contributed by atoms with Crippen LogP contribution in [0, 0.1) is 0 Å². The molecule has 0 saturated carbocycles. The van der Waals surface area contributed by atoms with Crippen molar-refractivity contribution in [3.05, 3.63) is 18.0 Å². The zero-order valence-corrected chi connectivity index (χ0v) is 8.27. The molecule has 74 valence electrons. The minimum Gasteiger partial charge on any atom is -0.307 e. The third-order valence-electron chi connectivity index (χ3n) is 3.08. The number of fused-ring (bicyclic) bond motifs is 2. The lowest BCUT2D eigenvalue weighted by molar-refractivity contribution is 0.574. The molecule has 3 rings (SSSR count). The van der Waals surface area contributed by atoms with E-state index in [0.29, 0.717) is 12.1 Å². The Bertz CT molecular complexity index is 379. The molecule has 2 atom stereocenters. The second kappa shape index (κ2) is 2.92. The Labute approximate surface area is 83.0 Å². The molecular formula is C10H14N4. The predicted molar refractivity (Wildman–Crippen MR) is 53.5 cm³/mol. The number of aryl methyl sites for hydroxylation is 1. The molecule has 0 spiro atoms. The Hall–Kier alpha value is -1.16. The Morgan fingerprint density at radius 2 is 2.43 bits per heavy atom. The Balaban J connectivity index is 1.92. The van der Waals surface area contributed by atoms with Gasteiger partial charge in [0.1, 0.15) is 5.69 Å². The average Bonchev–Trinajstić information content (AvgIpc) is 2.73. The fourth-order valence-electron chi connectivity index (χ4n) is 2.40. The van der Waals surface area contributed by atoms with Crippen LogP contribution in [-0.4, -0.2) is 27.1 Å². The van der Waals surface area contributed by atoms with E-state index in [1.807, 2.05) is 13.2 Å². The molecule has 2 aliphatic rings. The van der Waals surface area contributed by atoms with Crippen molar-refractivity contribution in [3.8, 4) is 0 Å².